The number of likely N-dealkylation sites (tertiary alicyclic amines) is 1. The van der Waals surface area contributed by atoms with Crippen molar-refractivity contribution >= 4 is 60.7 Å². The zero-order valence-corrected chi connectivity index (χ0v) is 30.5. The first-order valence-corrected chi connectivity index (χ1v) is 19.8. The van der Waals surface area contributed by atoms with Crippen molar-refractivity contribution in [1.29, 1.82) is 5.26 Å². The molecule has 0 spiro atoms. The van der Waals surface area contributed by atoms with E-state index in [1.165, 1.54) is 25.0 Å². The summed E-state index contributed by atoms with van der Waals surface area (Å²) >= 11 is 7.87. The van der Waals surface area contributed by atoms with Gasteiger partial charge in [0.2, 0.25) is 5.91 Å². The fourth-order valence-electron chi connectivity index (χ4n) is 9.91. The molecule has 1 aliphatic carbocycles. The number of thiophene rings is 1. The number of nitrogen functional groups attached to an aromatic ring is 1. The number of hydrogen-bond donors (Lipinski definition) is 2. The second kappa shape index (κ2) is 12.3. The van der Waals surface area contributed by atoms with Gasteiger partial charge >= 0.3 is 6.01 Å². The standard InChI is InChI=1S/C38H38ClF3N8O2S/c39-24-11-22-31(29(42)28(24)21-6-7-25(41)33-27(21)23(13-43)34(44)53-33)46-37(52-17-38-8-2-9-49(38)15-20(40)12-38)47-35(22)48-14-19-3-1-10-50(26(19)16-48)36(51)32-30(45-32)18-4-5-18/h6-7,11,18-20,26,30,32,45H,1-5,8-10,12,14-17,44H2/t19?,20-,26?,30+,32-,38+/m1/s1. The number of nitrogens with one attached hydrogen (secondary N) is 1. The number of fused-ring (bicyclic) bond motifs is 4. The summed E-state index contributed by atoms with van der Waals surface area (Å²) in [6, 6.07) is 6.38. The molecule has 53 heavy (non-hydrogen) atoms. The SMILES string of the molecule is N#Cc1c(N)sc2c(F)ccc(-c3c(Cl)cc4c(N5CC6CCCN(C(=O)[C@@H]7N[C@H]7C7CC7)C6C5)nc(OC[C@@]56CCCN5C[C@H](F)C6)nc4c3F)c12. The smallest absolute Gasteiger partial charge is 0.319 e. The minimum absolute atomic E-state index is 0.0284. The number of nitrogens with two attached hydrogens (primary N) is 1. The molecule has 15 heteroatoms. The molecule has 6 atom stereocenters. The largest absolute Gasteiger partial charge is 0.461 e. The van der Waals surface area contributed by atoms with Gasteiger partial charge in [0, 0.05) is 55.0 Å². The second-order valence-electron chi connectivity index (χ2n) is 15.8. The second-order valence-corrected chi connectivity index (χ2v) is 17.3. The van der Waals surface area contributed by atoms with Crippen LogP contribution in [0.2, 0.25) is 5.02 Å². The van der Waals surface area contributed by atoms with Gasteiger partial charge in [0.15, 0.2) is 5.82 Å². The highest BCUT2D eigenvalue weighted by atomic mass is 35.5. The van der Waals surface area contributed by atoms with Gasteiger partial charge in [-0.3, -0.25) is 15.0 Å². The molecule has 5 aliphatic heterocycles. The van der Waals surface area contributed by atoms with Crippen LogP contribution in [-0.4, -0.2) is 94.8 Å². The minimum Gasteiger partial charge on any atom is -0.461 e. The number of carbonyl (C=O) groups is 1. The van der Waals surface area contributed by atoms with E-state index in [4.69, 9.17) is 27.1 Å². The van der Waals surface area contributed by atoms with Gasteiger partial charge in [0.25, 0.3) is 0 Å². The summed E-state index contributed by atoms with van der Waals surface area (Å²) in [4.78, 5) is 29.5. The lowest BCUT2D eigenvalue weighted by Gasteiger charge is -2.36. The zero-order chi connectivity index (χ0) is 36.3. The number of halogens is 4. The van der Waals surface area contributed by atoms with Crippen LogP contribution in [0.5, 0.6) is 6.01 Å². The van der Waals surface area contributed by atoms with Crippen LogP contribution in [0.4, 0.5) is 24.0 Å². The maximum absolute atomic E-state index is 17.2. The molecule has 276 valence electrons. The summed E-state index contributed by atoms with van der Waals surface area (Å²) in [6.07, 6.45) is 5.33. The Kier molecular flexibility index (Phi) is 7.82. The molecule has 1 saturated carbocycles. The number of ether oxygens (including phenoxy) is 1. The van der Waals surface area contributed by atoms with Crippen molar-refractivity contribution in [3.05, 3.63) is 40.4 Å². The summed E-state index contributed by atoms with van der Waals surface area (Å²) in [5.41, 5.74) is 5.82. The maximum Gasteiger partial charge on any atom is 0.319 e. The Morgan fingerprint density at radius 1 is 1.15 bits per heavy atom. The lowest BCUT2D eigenvalue weighted by molar-refractivity contribution is -0.135. The van der Waals surface area contributed by atoms with Gasteiger partial charge in [-0.05, 0) is 74.6 Å². The van der Waals surface area contributed by atoms with Crippen LogP contribution < -0.4 is 20.7 Å². The topological polar surface area (TPSA) is 134 Å². The third kappa shape index (κ3) is 5.36. The minimum atomic E-state index is -0.949. The van der Waals surface area contributed by atoms with Gasteiger partial charge in [-0.15, -0.1) is 11.3 Å². The molecule has 10 nitrogen and oxygen atoms in total. The molecule has 1 amide bonds. The molecule has 2 unspecified atom stereocenters. The quantitative estimate of drug-likeness (QED) is 0.217. The van der Waals surface area contributed by atoms with Gasteiger partial charge in [0.05, 0.1) is 26.9 Å². The first-order valence-electron chi connectivity index (χ1n) is 18.6. The van der Waals surface area contributed by atoms with Crippen LogP contribution in [0.1, 0.15) is 50.5 Å². The number of hydrogen-bond acceptors (Lipinski definition) is 10. The Labute approximate surface area is 313 Å². The van der Waals surface area contributed by atoms with E-state index in [2.05, 4.69) is 20.1 Å². The van der Waals surface area contributed by atoms with E-state index in [9.17, 15) is 14.4 Å². The van der Waals surface area contributed by atoms with Crippen LogP contribution in [0.15, 0.2) is 18.2 Å². The van der Waals surface area contributed by atoms with E-state index >= 15 is 8.78 Å². The Balaban J connectivity index is 1.07. The van der Waals surface area contributed by atoms with Crippen molar-refractivity contribution in [2.75, 3.05) is 50.0 Å². The average Bonchev–Trinajstić information content (AvgIpc) is 3.99. The molecule has 6 fully saturated rings. The predicted molar refractivity (Wildman–Crippen MR) is 197 cm³/mol. The summed E-state index contributed by atoms with van der Waals surface area (Å²) in [5.74, 6) is 0.0559. The average molecular weight is 763 g/mol. The lowest BCUT2D eigenvalue weighted by Crippen LogP contribution is -2.50. The van der Waals surface area contributed by atoms with E-state index < -0.39 is 23.3 Å². The third-order valence-electron chi connectivity index (χ3n) is 12.7. The van der Waals surface area contributed by atoms with Crippen LogP contribution >= 0.6 is 22.9 Å². The van der Waals surface area contributed by atoms with E-state index in [0.29, 0.717) is 49.7 Å². The van der Waals surface area contributed by atoms with Crippen molar-refractivity contribution in [2.45, 2.75) is 74.8 Å². The number of aromatic nitrogens is 2. The number of nitrogens with zero attached hydrogens (tertiary/aromatic N) is 6. The molecule has 6 aliphatic rings. The van der Waals surface area contributed by atoms with Crippen LogP contribution in [0.3, 0.4) is 0 Å². The van der Waals surface area contributed by atoms with E-state index in [1.807, 2.05) is 11.0 Å². The molecular weight excluding hydrogens is 725 g/mol. The fourth-order valence-corrected chi connectivity index (χ4v) is 11.2. The highest BCUT2D eigenvalue weighted by molar-refractivity contribution is 7.23. The van der Waals surface area contributed by atoms with Crippen molar-refractivity contribution in [3.8, 4) is 23.2 Å². The number of amides is 1. The maximum atomic E-state index is 17.2. The lowest BCUT2D eigenvalue weighted by atomic mass is 9.91. The summed E-state index contributed by atoms with van der Waals surface area (Å²) in [6.45, 7) is 3.11. The molecule has 7 heterocycles. The zero-order valence-electron chi connectivity index (χ0n) is 28.9. The first-order chi connectivity index (χ1) is 25.6. The van der Waals surface area contributed by atoms with E-state index in [1.54, 1.807) is 6.07 Å². The molecular formula is C38H38ClF3N8O2S. The van der Waals surface area contributed by atoms with Crippen LogP contribution in [0.25, 0.3) is 32.1 Å². The molecule has 3 N–H and O–H groups in total. The number of rotatable bonds is 7. The number of anilines is 2. The van der Waals surface area contributed by atoms with Crippen molar-refractivity contribution in [2.24, 2.45) is 11.8 Å². The third-order valence-corrected chi connectivity index (χ3v) is 14.0. The number of alkyl halides is 1. The van der Waals surface area contributed by atoms with Gasteiger partial charge in [-0.1, -0.05) is 17.7 Å². The Morgan fingerprint density at radius 3 is 2.81 bits per heavy atom. The molecule has 10 rings (SSSR count). The Morgan fingerprint density at radius 2 is 2.00 bits per heavy atom. The van der Waals surface area contributed by atoms with Crippen LogP contribution in [-0.2, 0) is 4.79 Å². The molecule has 0 radical (unpaired) electrons. The van der Waals surface area contributed by atoms with Gasteiger partial charge < -0.3 is 20.3 Å². The van der Waals surface area contributed by atoms with E-state index in [0.717, 1.165) is 43.6 Å². The molecule has 0 bridgehead atoms. The normalized spacial score (nSPS) is 29.5. The Hall–Kier alpha value is -3.90. The monoisotopic (exact) mass is 762 g/mol. The first kappa shape index (κ1) is 33.7. The number of carbonyl (C=O) groups excluding carboxylic acids is 1. The van der Waals surface area contributed by atoms with Crippen molar-refractivity contribution in [1.82, 2.24) is 25.1 Å². The highest BCUT2D eigenvalue weighted by Gasteiger charge is 2.54. The number of nitriles is 1. The van der Waals surface area contributed by atoms with Gasteiger partial charge in [0.1, 0.15) is 47.0 Å². The molecule has 4 aromatic rings. The summed E-state index contributed by atoms with van der Waals surface area (Å²) in [7, 11) is 0. The highest BCUT2D eigenvalue weighted by Crippen LogP contribution is 2.47. The number of benzene rings is 2. The van der Waals surface area contributed by atoms with Gasteiger partial charge in [-0.2, -0.15) is 15.2 Å². The van der Waals surface area contributed by atoms with Crippen LogP contribution in [0, 0.1) is 34.8 Å². The van der Waals surface area contributed by atoms with Crippen molar-refractivity contribution in [3.63, 3.8) is 0 Å². The molecule has 2 aromatic heterocycles. The summed E-state index contributed by atoms with van der Waals surface area (Å²) < 4.78 is 53.3. The number of piperidine rings is 1. The Bertz CT molecular complexity index is 2250. The van der Waals surface area contributed by atoms with Gasteiger partial charge in [-0.25, -0.2) is 13.2 Å². The fraction of sp³-hybridized carbons (Fsp3) is 0.526. The van der Waals surface area contributed by atoms with Crippen molar-refractivity contribution < 1.29 is 22.7 Å². The summed E-state index contributed by atoms with van der Waals surface area (Å²) in [5, 5.41) is 14.1. The molecule has 5 saturated heterocycles. The molecule has 2 aromatic carbocycles. The van der Waals surface area contributed by atoms with E-state index in [-0.39, 0.29) is 84.9 Å². The predicted octanol–water partition coefficient (Wildman–Crippen LogP) is 6.03.